The molecule has 11 aromatic carbocycles. The number of hydrogen-bond acceptors (Lipinski definition) is 5. The van der Waals surface area contributed by atoms with Crippen LogP contribution in [0.25, 0.3) is 132 Å². The second-order valence-corrected chi connectivity index (χ2v) is 22.7. The Morgan fingerprint density at radius 2 is 0.667 bits per heavy atom. The number of anilines is 3. The summed E-state index contributed by atoms with van der Waals surface area (Å²) in [7, 11) is 0. The topological polar surface area (TPSA) is 55.8 Å². The Morgan fingerprint density at radius 1 is 0.295 bits per heavy atom. The van der Waals surface area contributed by atoms with Crippen molar-refractivity contribution in [2.45, 2.75) is 45.4 Å². The molecule has 4 heterocycles. The highest BCUT2D eigenvalue weighted by molar-refractivity contribution is 6.24. The van der Waals surface area contributed by atoms with E-state index < -0.39 is 0 Å². The summed E-state index contributed by atoms with van der Waals surface area (Å²) < 4.78 is 26.9. The SMILES string of the molecule is Cc1ccc(N(c2ccc3c(c2)C(C)(C)c2cc(-c4cccc5oc6ccccc6c45)c4oc5ccccc5c4c2-3)c2ccc3c(c2)C(C)(C)c2cc(-c4cccc5oc6ccccc6c45)c4oc5ccccc5c4c2-3)cc1. The van der Waals surface area contributed by atoms with Gasteiger partial charge in [0.05, 0.1) is 0 Å². The predicted molar refractivity (Wildman–Crippen MR) is 321 cm³/mol. The van der Waals surface area contributed by atoms with E-state index in [1.54, 1.807) is 0 Å². The molecule has 0 bridgehead atoms. The zero-order valence-electron chi connectivity index (χ0n) is 43.7. The van der Waals surface area contributed by atoms with Crippen LogP contribution in [0.2, 0.25) is 0 Å². The molecule has 0 saturated carbocycles. The van der Waals surface area contributed by atoms with E-state index in [4.69, 9.17) is 17.7 Å². The van der Waals surface area contributed by atoms with Crippen molar-refractivity contribution in [1.29, 1.82) is 0 Å². The minimum absolute atomic E-state index is 0.377. The number of benzene rings is 11. The largest absolute Gasteiger partial charge is 0.456 e. The van der Waals surface area contributed by atoms with Gasteiger partial charge >= 0.3 is 0 Å². The Hall–Kier alpha value is -9.58. The average molecular weight is 1000 g/mol. The van der Waals surface area contributed by atoms with Crippen molar-refractivity contribution in [3.8, 4) is 44.5 Å². The van der Waals surface area contributed by atoms with Gasteiger partial charge in [-0.05, 0) is 147 Å². The zero-order chi connectivity index (χ0) is 51.9. The first-order valence-electron chi connectivity index (χ1n) is 27.1. The van der Waals surface area contributed by atoms with Gasteiger partial charge in [0.25, 0.3) is 0 Å². The van der Waals surface area contributed by atoms with Gasteiger partial charge in [-0.15, -0.1) is 0 Å². The maximum absolute atomic E-state index is 7.00. The van der Waals surface area contributed by atoms with E-state index in [1.807, 2.05) is 12.1 Å². The summed E-state index contributed by atoms with van der Waals surface area (Å²) in [5.41, 5.74) is 25.2. The third kappa shape index (κ3) is 5.75. The smallest absolute Gasteiger partial charge is 0.143 e. The monoisotopic (exact) mass is 1000 g/mol. The van der Waals surface area contributed by atoms with Crippen molar-refractivity contribution < 1.29 is 17.7 Å². The fourth-order valence-electron chi connectivity index (χ4n) is 14.0. The zero-order valence-corrected chi connectivity index (χ0v) is 43.7. The third-order valence-electron chi connectivity index (χ3n) is 17.7. The number of furan rings is 4. The van der Waals surface area contributed by atoms with Gasteiger partial charge in [0.1, 0.15) is 44.7 Å². The second kappa shape index (κ2) is 15.3. The Kier molecular flexibility index (Phi) is 8.56. The predicted octanol–water partition coefficient (Wildman–Crippen LogP) is 21.0. The van der Waals surface area contributed by atoms with Crippen LogP contribution in [-0.2, 0) is 10.8 Å². The molecule has 0 amide bonds. The molecule has 370 valence electrons. The molecule has 2 aliphatic carbocycles. The number of rotatable bonds is 5. The molecule has 0 fully saturated rings. The summed E-state index contributed by atoms with van der Waals surface area (Å²) in [6.45, 7) is 11.7. The molecule has 0 radical (unpaired) electrons. The molecule has 0 saturated heterocycles. The summed E-state index contributed by atoms with van der Waals surface area (Å²) in [4.78, 5) is 2.45. The van der Waals surface area contributed by atoms with Crippen molar-refractivity contribution in [1.82, 2.24) is 0 Å². The quantitative estimate of drug-likeness (QED) is 0.172. The molecular weight excluding hydrogens is 955 g/mol. The Labute approximate surface area is 449 Å². The lowest BCUT2D eigenvalue weighted by Crippen LogP contribution is -2.18. The van der Waals surface area contributed by atoms with Crippen molar-refractivity contribution in [2.24, 2.45) is 0 Å². The van der Waals surface area contributed by atoms with Gasteiger partial charge in [0.15, 0.2) is 0 Å². The van der Waals surface area contributed by atoms with E-state index in [1.165, 1.54) is 50.1 Å². The molecule has 0 N–H and O–H groups in total. The summed E-state index contributed by atoms with van der Waals surface area (Å²) in [5, 5.41) is 8.93. The average Bonchev–Trinajstić information content (AvgIpc) is 3.88. The van der Waals surface area contributed by atoms with E-state index in [-0.39, 0.29) is 10.8 Å². The normalized spacial score (nSPS) is 14.2. The summed E-state index contributed by atoms with van der Waals surface area (Å²) >= 11 is 0. The number of fused-ring (bicyclic) bond motifs is 20. The molecule has 5 heteroatoms. The summed E-state index contributed by atoms with van der Waals surface area (Å²) in [6, 6.07) is 74.6. The van der Waals surface area contributed by atoms with Crippen molar-refractivity contribution >= 4 is 105 Å². The van der Waals surface area contributed by atoms with Gasteiger partial charge in [-0.25, -0.2) is 0 Å². The molecule has 2 aliphatic rings. The van der Waals surface area contributed by atoms with E-state index in [9.17, 15) is 0 Å². The molecule has 4 aromatic heterocycles. The third-order valence-corrected chi connectivity index (χ3v) is 17.7. The first kappa shape index (κ1) is 43.6. The van der Waals surface area contributed by atoms with Crippen LogP contribution < -0.4 is 4.90 Å². The lowest BCUT2D eigenvalue weighted by Gasteiger charge is -2.30. The lowest BCUT2D eigenvalue weighted by atomic mass is 9.80. The number of aryl methyl sites for hydroxylation is 1. The standard InChI is InChI=1S/C73H49NO4/c1-40-28-30-41(31-29-40)74(42-32-34-46-54(36-42)72(2,3)56-38-52(70-68(66(46)56)50-18-8-12-24-60(50)77-70)44-20-14-26-62-64(44)48-16-6-10-22-58(48)75-62)43-33-35-47-55(37-43)73(4,5)57-39-53(71-69(67(47)57)51-19-9-13-25-61(51)78-71)45-21-15-27-63-65(45)49-17-7-11-23-59(49)76-63/h6-39H,1-5H3. The number of para-hydroxylation sites is 4. The van der Waals surface area contributed by atoms with Gasteiger partial charge in [0, 0.05) is 82.1 Å². The van der Waals surface area contributed by atoms with E-state index in [2.05, 4.69) is 234 Å². The van der Waals surface area contributed by atoms with Gasteiger partial charge in [0.2, 0.25) is 0 Å². The highest BCUT2D eigenvalue weighted by Gasteiger charge is 2.42. The van der Waals surface area contributed by atoms with Crippen LogP contribution in [0.3, 0.4) is 0 Å². The highest BCUT2D eigenvalue weighted by Crippen LogP contribution is 2.59. The van der Waals surface area contributed by atoms with Crippen LogP contribution in [0.4, 0.5) is 17.1 Å². The van der Waals surface area contributed by atoms with Gasteiger partial charge in [-0.2, -0.15) is 0 Å². The molecule has 0 unspecified atom stereocenters. The lowest BCUT2D eigenvalue weighted by molar-refractivity contribution is 0.657. The molecular formula is C73H49NO4. The van der Waals surface area contributed by atoms with Crippen molar-refractivity contribution in [3.63, 3.8) is 0 Å². The maximum atomic E-state index is 7.00. The maximum Gasteiger partial charge on any atom is 0.143 e. The van der Waals surface area contributed by atoms with Gasteiger partial charge in [-0.3, -0.25) is 0 Å². The first-order valence-corrected chi connectivity index (χ1v) is 27.1. The molecule has 0 atom stereocenters. The Balaban J connectivity index is 0.857. The Morgan fingerprint density at radius 3 is 1.10 bits per heavy atom. The summed E-state index contributed by atoms with van der Waals surface area (Å²) in [6.07, 6.45) is 0. The molecule has 0 aliphatic heterocycles. The minimum atomic E-state index is -0.377. The Bertz CT molecular complexity index is 4810. The van der Waals surface area contributed by atoms with Crippen LogP contribution in [-0.4, -0.2) is 0 Å². The van der Waals surface area contributed by atoms with Gasteiger partial charge < -0.3 is 22.6 Å². The van der Waals surface area contributed by atoms with Crippen LogP contribution in [0.15, 0.2) is 224 Å². The van der Waals surface area contributed by atoms with Crippen LogP contribution in [0, 0.1) is 6.92 Å². The minimum Gasteiger partial charge on any atom is -0.456 e. The van der Waals surface area contributed by atoms with E-state index in [0.717, 1.165) is 127 Å². The van der Waals surface area contributed by atoms with Gasteiger partial charge in [-0.1, -0.05) is 155 Å². The van der Waals surface area contributed by atoms with Crippen LogP contribution in [0.1, 0.15) is 55.5 Å². The van der Waals surface area contributed by atoms with E-state index in [0.29, 0.717) is 0 Å². The van der Waals surface area contributed by atoms with E-state index >= 15 is 0 Å². The van der Waals surface area contributed by atoms with Crippen molar-refractivity contribution in [2.75, 3.05) is 4.90 Å². The molecule has 17 rings (SSSR count). The molecule has 0 spiro atoms. The molecule has 15 aromatic rings. The molecule has 78 heavy (non-hydrogen) atoms. The fraction of sp³-hybridized carbons (Fsp3) is 0.0959. The second-order valence-electron chi connectivity index (χ2n) is 22.7. The van der Waals surface area contributed by atoms with Crippen molar-refractivity contribution in [3.05, 3.63) is 234 Å². The molecule has 5 nitrogen and oxygen atoms in total. The highest BCUT2D eigenvalue weighted by atomic mass is 16.3. The number of hydrogen-bond donors (Lipinski definition) is 0. The first-order chi connectivity index (χ1) is 38.1. The fourth-order valence-corrected chi connectivity index (χ4v) is 14.0. The van der Waals surface area contributed by atoms with Crippen LogP contribution in [0.5, 0.6) is 0 Å². The number of nitrogens with zero attached hydrogens (tertiary/aromatic N) is 1. The summed E-state index contributed by atoms with van der Waals surface area (Å²) in [5.74, 6) is 0. The van der Waals surface area contributed by atoms with Crippen LogP contribution >= 0.6 is 0 Å².